The predicted octanol–water partition coefficient (Wildman–Crippen LogP) is 2.25. The smallest absolute Gasteiger partial charge is 0.270 e. The maximum absolute atomic E-state index is 10.7. The van der Waals surface area contributed by atoms with E-state index in [0.717, 1.165) is 16.4 Å². The van der Waals surface area contributed by atoms with Crippen molar-refractivity contribution < 1.29 is 10.0 Å². The largest absolute Gasteiger partial charge is 0.395 e. The summed E-state index contributed by atoms with van der Waals surface area (Å²) in [7, 11) is 0. The normalized spacial score (nSPS) is 10.7. The average Bonchev–Trinajstić information content (AvgIpc) is 2.27. The number of nitrogens with zero attached hydrogens (tertiary/aromatic N) is 1. The number of hydrogen-bond donors (Lipinski definition) is 1. The number of nitro groups is 1. The van der Waals surface area contributed by atoms with Crippen molar-refractivity contribution in [1.82, 2.24) is 0 Å². The molecular weight excluding hydrogens is 214 g/mol. The summed E-state index contributed by atoms with van der Waals surface area (Å²) in [4.78, 5) is 11.1. The summed E-state index contributed by atoms with van der Waals surface area (Å²) in [6, 6.07) is 4.84. The van der Waals surface area contributed by atoms with Crippen molar-refractivity contribution >= 4 is 17.4 Å². The second kappa shape index (κ2) is 5.14. The zero-order chi connectivity index (χ0) is 11.4. The van der Waals surface area contributed by atoms with Gasteiger partial charge in [0.25, 0.3) is 5.69 Å². The zero-order valence-electron chi connectivity index (χ0n) is 8.56. The third-order valence-corrected chi connectivity index (χ3v) is 2.77. The van der Waals surface area contributed by atoms with E-state index >= 15 is 0 Å². The molecule has 0 aliphatic carbocycles. The Bertz CT molecular complexity index is 368. The van der Waals surface area contributed by atoms with Gasteiger partial charge in [0.15, 0.2) is 0 Å². The van der Waals surface area contributed by atoms with E-state index in [1.807, 2.05) is 12.3 Å². The molecule has 0 aliphatic heterocycles. The van der Waals surface area contributed by atoms with Crippen LogP contribution in [-0.4, -0.2) is 22.9 Å². The Hall–Kier alpha value is -1.07. The third kappa shape index (κ3) is 2.94. The topological polar surface area (TPSA) is 63.4 Å². The van der Waals surface area contributed by atoms with E-state index in [4.69, 9.17) is 5.11 Å². The summed E-state index contributed by atoms with van der Waals surface area (Å²) in [5.41, 5.74) is 0.778. The second-order valence-electron chi connectivity index (χ2n) is 3.12. The van der Waals surface area contributed by atoms with Gasteiger partial charge in [-0.1, -0.05) is 6.92 Å². The van der Waals surface area contributed by atoms with Crippen LogP contribution in [0.4, 0.5) is 5.69 Å². The van der Waals surface area contributed by atoms with Crippen LogP contribution < -0.4 is 0 Å². The molecule has 1 aromatic carbocycles. The molecule has 0 saturated carbocycles. The number of hydrogen-bond acceptors (Lipinski definition) is 4. The van der Waals surface area contributed by atoms with Gasteiger partial charge >= 0.3 is 0 Å². The highest BCUT2D eigenvalue weighted by Gasteiger charge is 2.13. The van der Waals surface area contributed by atoms with Crippen LogP contribution in [0.3, 0.4) is 0 Å². The molecule has 0 atom stereocenters. The highest BCUT2D eigenvalue weighted by Crippen LogP contribution is 2.27. The van der Waals surface area contributed by atoms with Gasteiger partial charge in [-0.15, -0.1) is 11.8 Å². The molecule has 0 aromatic heterocycles. The molecule has 0 saturated heterocycles. The molecule has 1 radical (unpaired) electrons. The summed E-state index contributed by atoms with van der Waals surface area (Å²) in [6.45, 7) is 1.66. The molecule has 4 nitrogen and oxygen atoms in total. The highest BCUT2D eigenvalue weighted by molar-refractivity contribution is 7.98. The predicted molar refractivity (Wildman–Crippen MR) is 60.0 cm³/mol. The fourth-order valence-corrected chi connectivity index (χ4v) is 1.63. The van der Waals surface area contributed by atoms with Gasteiger partial charge in [-0.3, -0.25) is 10.1 Å². The van der Waals surface area contributed by atoms with Gasteiger partial charge in [0.05, 0.1) is 11.5 Å². The van der Waals surface area contributed by atoms with Crippen LogP contribution in [0.2, 0.25) is 0 Å². The molecule has 1 N–H and O–H groups in total. The van der Waals surface area contributed by atoms with Gasteiger partial charge in [-0.25, -0.2) is 0 Å². The zero-order valence-corrected chi connectivity index (χ0v) is 9.37. The molecule has 0 aliphatic rings. The van der Waals surface area contributed by atoms with Crippen molar-refractivity contribution in [2.24, 2.45) is 0 Å². The molecule has 5 heteroatoms. The third-order valence-electron chi connectivity index (χ3n) is 2.07. The summed E-state index contributed by atoms with van der Waals surface area (Å²) in [5.74, 6) is 0.731. The quantitative estimate of drug-likeness (QED) is 0.486. The van der Waals surface area contributed by atoms with Crippen molar-refractivity contribution in [2.45, 2.75) is 11.8 Å². The number of non-ortho nitro benzene ring substituents is 1. The molecule has 0 unspecified atom stereocenters. The Kier molecular flexibility index (Phi) is 4.11. The van der Waals surface area contributed by atoms with Gasteiger partial charge < -0.3 is 5.11 Å². The lowest BCUT2D eigenvalue weighted by atomic mass is 10.0. The maximum Gasteiger partial charge on any atom is 0.270 e. The lowest BCUT2D eigenvalue weighted by Crippen LogP contribution is -2.01. The van der Waals surface area contributed by atoms with E-state index in [-0.39, 0.29) is 12.3 Å². The second-order valence-corrected chi connectivity index (χ2v) is 3.99. The van der Waals surface area contributed by atoms with Crippen LogP contribution >= 0.6 is 11.8 Å². The average molecular weight is 226 g/mol. The first kappa shape index (κ1) is 12.0. The van der Waals surface area contributed by atoms with E-state index in [1.165, 1.54) is 23.9 Å². The number of benzene rings is 1. The van der Waals surface area contributed by atoms with Crippen LogP contribution in [0.25, 0.3) is 0 Å². The number of rotatable bonds is 4. The van der Waals surface area contributed by atoms with Crippen molar-refractivity contribution in [3.63, 3.8) is 0 Å². The Balaban J connectivity index is 3.16. The van der Waals surface area contributed by atoms with E-state index < -0.39 is 4.92 Å². The summed E-state index contributed by atoms with van der Waals surface area (Å²) in [5, 5.41) is 19.6. The molecule has 15 heavy (non-hydrogen) atoms. The lowest BCUT2D eigenvalue weighted by Gasteiger charge is -2.08. The van der Waals surface area contributed by atoms with Gasteiger partial charge in [-0.05, 0) is 17.9 Å². The molecular formula is C10H12NO3S. The summed E-state index contributed by atoms with van der Waals surface area (Å²) in [6.07, 6.45) is 1.86. The van der Waals surface area contributed by atoms with Crippen LogP contribution in [0.5, 0.6) is 0 Å². The van der Waals surface area contributed by atoms with E-state index in [2.05, 4.69) is 0 Å². The molecule has 1 rings (SSSR count). The first-order chi connectivity index (χ1) is 7.08. The summed E-state index contributed by atoms with van der Waals surface area (Å²) >= 11 is 1.44. The van der Waals surface area contributed by atoms with Crippen molar-refractivity contribution in [1.29, 1.82) is 0 Å². The fourth-order valence-electron chi connectivity index (χ4n) is 1.14. The van der Waals surface area contributed by atoms with Gasteiger partial charge in [0, 0.05) is 22.9 Å². The SMILES string of the molecule is CSc1cc([C](C)CO)cc([N+](=O)[O-])c1. The van der Waals surface area contributed by atoms with Crippen molar-refractivity contribution in [3.05, 3.63) is 39.8 Å². The number of nitro benzene ring substituents is 1. The number of aliphatic hydroxyl groups is 1. The first-order valence-corrected chi connectivity index (χ1v) is 5.58. The van der Waals surface area contributed by atoms with Gasteiger partial charge in [0.2, 0.25) is 0 Å². The van der Waals surface area contributed by atoms with Crippen molar-refractivity contribution in [3.8, 4) is 0 Å². The minimum absolute atomic E-state index is 0.0599. The van der Waals surface area contributed by atoms with Gasteiger partial charge in [0.1, 0.15) is 0 Å². The Morgan fingerprint density at radius 1 is 1.53 bits per heavy atom. The van der Waals surface area contributed by atoms with Crippen LogP contribution in [0.1, 0.15) is 12.5 Å². The fraction of sp³-hybridized carbons (Fsp3) is 0.300. The number of aliphatic hydroxyl groups excluding tert-OH is 1. The van der Waals surface area contributed by atoms with Crippen LogP contribution in [0, 0.1) is 16.0 Å². The molecule has 0 spiro atoms. The Morgan fingerprint density at radius 3 is 2.67 bits per heavy atom. The van der Waals surface area contributed by atoms with E-state index in [1.54, 1.807) is 6.92 Å². The molecule has 1 aromatic rings. The molecule has 0 fully saturated rings. The monoisotopic (exact) mass is 226 g/mol. The van der Waals surface area contributed by atoms with Gasteiger partial charge in [-0.2, -0.15) is 0 Å². The first-order valence-electron chi connectivity index (χ1n) is 4.35. The maximum atomic E-state index is 10.7. The minimum Gasteiger partial charge on any atom is -0.395 e. The van der Waals surface area contributed by atoms with Crippen molar-refractivity contribution in [2.75, 3.05) is 12.9 Å². The van der Waals surface area contributed by atoms with E-state index in [9.17, 15) is 10.1 Å². The highest BCUT2D eigenvalue weighted by atomic mass is 32.2. The molecule has 0 heterocycles. The molecule has 0 bridgehead atoms. The van der Waals surface area contributed by atoms with Crippen LogP contribution in [0.15, 0.2) is 23.1 Å². The minimum atomic E-state index is -0.423. The Morgan fingerprint density at radius 2 is 2.20 bits per heavy atom. The molecule has 81 valence electrons. The molecule has 0 amide bonds. The summed E-state index contributed by atoms with van der Waals surface area (Å²) < 4.78 is 0. The Labute approximate surface area is 92.5 Å². The van der Waals surface area contributed by atoms with E-state index in [0.29, 0.717) is 0 Å². The standard InChI is InChI=1S/C10H12NO3S/c1-7(6-12)8-3-9(11(13)14)5-10(4-8)15-2/h3-5,12H,6H2,1-2H3. The lowest BCUT2D eigenvalue weighted by molar-refractivity contribution is -0.385. The van der Waals surface area contributed by atoms with Crippen LogP contribution in [-0.2, 0) is 0 Å². The number of thioether (sulfide) groups is 1.